The van der Waals surface area contributed by atoms with Crippen LogP contribution in [-0.4, -0.2) is 37.6 Å². The number of carbonyl (C=O) groups is 1. The number of carbonyl (C=O) groups excluding carboxylic acids is 1. The van der Waals surface area contributed by atoms with Crippen molar-refractivity contribution in [2.75, 3.05) is 26.1 Å². The van der Waals surface area contributed by atoms with Crippen LogP contribution in [0, 0.1) is 0 Å². The van der Waals surface area contributed by atoms with Gasteiger partial charge in [0.2, 0.25) is 0 Å². The summed E-state index contributed by atoms with van der Waals surface area (Å²) >= 11 is 12.8. The molecule has 0 saturated heterocycles. The van der Waals surface area contributed by atoms with Crippen LogP contribution in [0.2, 0.25) is 10.0 Å². The van der Waals surface area contributed by atoms with Gasteiger partial charge < -0.3 is 19.9 Å². The molecule has 9 nitrogen and oxygen atoms in total. The highest BCUT2D eigenvalue weighted by molar-refractivity contribution is 6.36. The fourth-order valence-electron chi connectivity index (χ4n) is 4.33. The Hall–Kier alpha value is -3.50. The van der Waals surface area contributed by atoms with Gasteiger partial charge in [-0.1, -0.05) is 35.3 Å². The predicted octanol–water partition coefficient (Wildman–Crippen LogP) is 3.98. The minimum Gasteiger partial charge on any atom is -0.497 e. The number of fused-ring (bicyclic) bond motifs is 1. The van der Waals surface area contributed by atoms with Crippen LogP contribution in [0.15, 0.2) is 65.8 Å². The Labute approximate surface area is 218 Å². The molecular formula is C25H25Cl2N5O4. The number of hydrogen-bond donors (Lipinski definition) is 5. The quantitative estimate of drug-likeness (QED) is 0.136. The van der Waals surface area contributed by atoms with E-state index in [0.29, 0.717) is 49.6 Å². The third kappa shape index (κ3) is 4.91. The monoisotopic (exact) mass is 529 g/mol. The molecule has 11 heteroatoms. The Morgan fingerprint density at radius 3 is 2.28 bits per heavy atom. The number of methoxy groups -OCH3 is 2. The number of halogens is 2. The number of rotatable bonds is 7. The van der Waals surface area contributed by atoms with E-state index in [0.717, 1.165) is 0 Å². The zero-order chi connectivity index (χ0) is 25.9. The van der Waals surface area contributed by atoms with Crippen molar-refractivity contribution >= 4 is 40.6 Å². The second-order valence-electron chi connectivity index (χ2n) is 8.10. The van der Waals surface area contributed by atoms with Crippen molar-refractivity contribution in [2.45, 2.75) is 11.5 Å². The minimum atomic E-state index is -1.56. The molecule has 36 heavy (non-hydrogen) atoms. The van der Waals surface area contributed by atoms with Crippen LogP contribution in [-0.2, 0) is 5.60 Å². The largest absolute Gasteiger partial charge is 0.497 e. The van der Waals surface area contributed by atoms with Crippen molar-refractivity contribution in [3.8, 4) is 11.5 Å². The summed E-state index contributed by atoms with van der Waals surface area (Å²) in [5.74, 6) is 5.73. The van der Waals surface area contributed by atoms with Gasteiger partial charge in [0.1, 0.15) is 17.1 Å². The van der Waals surface area contributed by atoms with Crippen molar-refractivity contribution in [3.63, 3.8) is 0 Å². The first-order valence-corrected chi connectivity index (χ1v) is 11.6. The molecule has 0 aliphatic carbocycles. The number of hydrazone groups is 1. The smallest absolute Gasteiger partial charge is 0.349 e. The Balaban J connectivity index is 1.95. The number of aliphatic hydroxyl groups is 1. The van der Waals surface area contributed by atoms with Crippen molar-refractivity contribution in [1.29, 1.82) is 0 Å². The lowest BCUT2D eigenvalue weighted by Crippen LogP contribution is -2.42. The van der Waals surface area contributed by atoms with Crippen LogP contribution in [0.25, 0.3) is 0 Å². The Kier molecular flexibility index (Phi) is 7.56. The number of hydrazine groups is 1. The first kappa shape index (κ1) is 25.6. The van der Waals surface area contributed by atoms with E-state index in [4.69, 9.17) is 38.5 Å². The molecule has 1 aliphatic heterocycles. The molecule has 2 atom stereocenters. The molecule has 0 bridgehead atoms. The minimum absolute atomic E-state index is 0.108. The van der Waals surface area contributed by atoms with Gasteiger partial charge in [-0.05, 0) is 59.7 Å². The molecule has 0 fully saturated rings. The summed E-state index contributed by atoms with van der Waals surface area (Å²) in [5, 5.41) is 20.7. The maximum absolute atomic E-state index is 12.3. The number of anilines is 1. The molecule has 0 radical (unpaired) electrons. The molecule has 4 rings (SSSR count). The van der Waals surface area contributed by atoms with Gasteiger partial charge in [0, 0.05) is 17.1 Å². The van der Waals surface area contributed by atoms with E-state index in [-0.39, 0.29) is 6.54 Å². The van der Waals surface area contributed by atoms with E-state index < -0.39 is 17.6 Å². The molecule has 3 aromatic rings. The molecule has 1 heterocycles. The zero-order valence-corrected chi connectivity index (χ0v) is 21.0. The summed E-state index contributed by atoms with van der Waals surface area (Å²) in [6.45, 7) is 0.108. The number of ether oxygens (including phenoxy) is 2. The maximum atomic E-state index is 12.3. The van der Waals surface area contributed by atoms with Crippen LogP contribution in [0.5, 0.6) is 11.5 Å². The number of nitrogens with one attached hydrogen (secondary N) is 3. The van der Waals surface area contributed by atoms with Crippen molar-refractivity contribution in [1.82, 2.24) is 10.9 Å². The molecule has 3 aromatic carbocycles. The van der Waals surface area contributed by atoms with Crippen LogP contribution in [0.3, 0.4) is 0 Å². The standard InChI is InChI=1S/C25H25Cl2N5O4/c1-35-17-7-3-14(4-8-17)21(25(34)13-29-23-19(25)11-16(26)12-20(23)27)22(31-32-24(33)30-28)15-5-9-18(36-2)10-6-15/h3-12,21,29,34H,13,28H2,1-2H3,(H2,30,32,33)/b31-22-. The van der Waals surface area contributed by atoms with Crippen LogP contribution < -0.4 is 31.5 Å². The number of benzene rings is 3. The molecule has 2 unspecified atom stereocenters. The fraction of sp³-hybridized carbons (Fsp3) is 0.200. The Morgan fingerprint density at radius 2 is 1.69 bits per heavy atom. The zero-order valence-electron chi connectivity index (χ0n) is 19.5. The normalized spacial score (nSPS) is 17.6. The Morgan fingerprint density at radius 1 is 1.08 bits per heavy atom. The van der Waals surface area contributed by atoms with Crippen molar-refractivity contribution in [3.05, 3.63) is 87.4 Å². The molecule has 0 saturated carbocycles. The van der Waals surface area contributed by atoms with Gasteiger partial charge in [0.05, 0.1) is 36.6 Å². The van der Waals surface area contributed by atoms with Gasteiger partial charge in [0.15, 0.2) is 0 Å². The number of urea groups is 1. The molecule has 6 N–H and O–H groups in total. The number of nitrogens with zero attached hydrogens (tertiary/aromatic N) is 1. The number of hydrogen-bond acceptors (Lipinski definition) is 7. The van der Waals surface area contributed by atoms with E-state index in [1.54, 1.807) is 62.8 Å². The lowest BCUT2D eigenvalue weighted by atomic mass is 9.74. The Bertz CT molecular complexity index is 1280. The second kappa shape index (κ2) is 10.6. The third-order valence-corrected chi connectivity index (χ3v) is 6.57. The topological polar surface area (TPSA) is 130 Å². The first-order valence-electron chi connectivity index (χ1n) is 10.9. The summed E-state index contributed by atoms with van der Waals surface area (Å²) in [7, 11) is 3.13. The summed E-state index contributed by atoms with van der Waals surface area (Å²) < 4.78 is 10.6. The van der Waals surface area contributed by atoms with Gasteiger partial charge in [-0.25, -0.2) is 16.1 Å². The summed E-state index contributed by atoms with van der Waals surface area (Å²) in [6, 6.07) is 16.9. The van der Waals surface area contributed by atoms with E-state index in [2.05, 4.69) is 15.8 Å². The third-order valence-electron chi connectivity index (χ3n) is 6.05. The summed E-state index contributed by atoms with van der Waals surface area (Å²) in [4.78, 5) is 12.0. The van der Waals surface area contributed by atoms with Crippen molar-refractivity contribution in [2.24, 2.45) is 10.9 Å². The number of nitrogens with two attached hydrogens (primary N) is 1. The molecule has 1 aliphatic rings. The lowest BCUT2D eigenvalue weighted by Gasteiger charge is -2.34. The fourth-order valence-corrected chi connectivity index (χ4v) is 4.89. The van der Waals surface area contributed by atoms with Gasteiger partial charge in [-0.2, -0.15) is 5.10 Å². The average molecular weight is 530 g/mol. The number of amides is 2. The van der Waals surface area contributed by atoms with E-state index in [1.807, 2.05) is 17.6 Å². The van der Waals surface area contributed by atoms with E-state index >= 15 is 0 Å². The SMILES string of the molecule is COc1ccc(/C(=N/NC(=O)NN)C(c2ccc(OC)cc2)C2(O)CNc3c(Cl)cc(Cl)cc32)cc1. The van der Waals surface area contributed by atoms with E-state index in [1.165, 1.54) is 0 Å². The van der Waals surface area contributed by atoms with Crippen LogP contribution in [0.1, 0.15) is 22.6 Å². The highest BCUT2D eigenvalue weighted by Gasteiger charge is 2.48. The summed E-state index contributed by atoms with van der Waals surface area (Å²) in [6.07, 6.45) is 0. The second-order valence-corrected chi connectivity index (χ2v) is 8.95. The maximum Gasteiger partial charge on any atom is 0.349 e. The highest BCUT2D eigenvalue weighted by atomic mass is 35.5. The average Bonchev–Trinajstić information content (AvgIpc) is 3.23. The molecule has 2 amide bonds. The lowest BCUT2D eigenvalue weighted by molar-refractivity contribution is 0.0484. The number of β-amino-alcohol motifs (C(OH)–C–C–N with tert-alkyl or cyclic N) is 1. The first-order chi connectivity index (χ1) is 17.3. The van der Waals surface area contributed by atoms with Crippen molar-refractivity contribution < 1.29 is 19.4 Å². The van der Waals surface area contributed by atoms with Crippen LogP contribution in [0.4, 0.5) is 10.5 Å². The van der Waals surface area contributed by atoms with Crippen LogP contribution >= 0.6 is 23.2 Å². The molecule has 0 spiro atoms. The summed E-state index contributed by atoms with van der Waals surface area (Å²) in [5.41, 5.74) is 5.60. The molecular weight excluding hydrogens is 505 g/mol. The van der Waals surface area contributed by atoms with Gasteiger partial charge in [0.25, 0.3) is 0 Å². The molecule has 0 aromatic heterocycles. The van der Waals surface area contributed by atoms with E-state index in [9.17, 15) is 9.90 Å². The van der Waals surface area contributed by atoms with Gasteiger partial charge >= 0.3 is 6.03 Å². The highest BCUT2D eigenvalue weighted by Crippen LogP contribution is 2.49. The predicted molar refractivity (Wildman–Crippen MR) is 140 cm³/mol. The molecule has 188 valence electrons. The van der Waals surface area contributed by atoms with Gasteiger partial charge in [-0.15, -0.1) is 0 Å². The van der Waals surface area contributed by atoms with Gasteiger partial charge in [-0.3, -0.25) is 5.43 Å².